The van der Waals surface area contributed by atoms with Crippen LogP contribution in [0.15, 0.2) is 24.3 Å². The summed E-state index contributed by atoms with van der Waals surface area (Å²) in [4.78, 5) is 0. The lowest BCUT2D eigenvalue weighted by Gasteiger charge is -2.54. The summed E-state index contributed by atoms with van der Waals surface area (Å²) in [5.41, 5.74) is 1.33. The second-order valence-corrected chi connectivity index (χ2v) is 6.03. The van der Waals surface area contributed by atoms with Gasteiger partial charge < -0.3 is 10.1 Å². The van der Waals surface area contributed by atoms with Crippen molar-refractivity contribution in [2.75, 3.05) is 6.61 Å². The Hall–Kier alpha value is -0.930. The third-order valence-electron chi connectivity index (χ3n) is 4.93. The van der Waals surface area contributed by atoms with Crippen molar-refractivity contribution in [1.82, 2.24) is 5.32 Å². The molecule has 20 heavy (non-hydrogen) atoms. The molecule has 112 valence electrons. The molecule has 3 unspecified atom stereocenters. The molecule has 1 saturated carbocycles. The van der Waals surface area contributed by atoms with Gasteiger partial charge in [-0.3, -0.25) is 0 Å². The van der Waals surface area contributed by atoms with Crippen LogP contribution in [0, 0.1) is 11.2 Å². The van der Waals surface area contributed by atoms with Crippen LogP contribution in [0.4, 0.5) is 4.39 Å². The topological polar surface area (TPSA) is 21.3 Å². The molecule has 2 rings (SSSR count). The van der Waals surface area contributed by atoms with Gasteiger partial charge in [-0.05, 0) is 44.4 Å². The number of ether oxygens (including phenoxy) is 1. The van der Waals surface area contributed by atoms with Gasteiger partial charge in [-0.2, -0.15) is 0 Å². The average molecular weight is 279 g/mol. The van der Waals surface area contributed by atoms with Crippen molar-refractivity contribution in [1.29, 1.82) is 0 Å². The second kappa shape index (κ2) is 6.23. The van der Waals surface area contributed by atoms with Gasteiger partial charge in [-0.15, -0.1) is 0 Å². The van der Waals surface area contributed by atoms with E-state index in [1.807, 2.05) is 12.1 Å². The molecule has 0 aliphatic heterocycles. The Morgan fingerprint density at radius 2 is 2.00 bits per heavy atom. The number of nitrogens with one attached hydrogen (secondary N) is 1. The molecule has 0 saturated heterocycles. The van der Waals surface area contributed by atoms with E-state index in [9.17, 15) is 4.39 Å². The number of hydrogen-bond acceptors (Lipinski definition) is 2. The molecule has 1 aliphatic rings. The van der Waals surface area contributed by atoms with Gasteiger partial charge >= 0.3 is 0 Å². The highest BCUT2D eigenvalue weighted by molar-refractivity contribution is 5.20. The first-order valence-electron chi connectivity index (χ1n) is 7.64. The van der Waals surface area contributed by atoms with Gasteiger partial charge in [0.05, 0.1) is 6.10 Å². The van der Waals surface area contributed by atoms with Crippen molar-refractivity contribution in [3.63, 3.8) is 0 Å². The van der Waals surface area contributed by atoms with Crippen molar-refractivity contribution >= 4 is 0 Å². The molecular formula is C17H26FNO. The lowest BCUT2D eigenvalue weighted by Crippen LogP contribution is -2.62. The van der Waals surface area contributed by atoms with Crippen LogP contribution in [0.1, 0.15) is 52.1 Å². The maximum Gasteiger partial charge on any atom is 0.123 e. The van der Waals surface area contributed by atoms with Gasteiger partial charge in [-0.25, -0.2) is 4.39 Å². The van der Waals surface area contributed by atoms with Gasteiger partial charge in [-0.1, -0.05) is 26.0 Å². The van der Waals surface area contributed by atoms with E-state index >= 15 is 0 Å². The highest BCUT2D eigenvalue weighted by Gasteiger charge is 2.51. The summed E-state index contributed by atoms with van der Waals surface area (Å²) in [5.74, 6) is -0.181. The van der Waals surface area contributed by atoms with E-state index in [2.05, 4.69) is 33.0 Å². The first kappa shape index (κ1) is 15.5. The molecule has 1 aromatic carbocycles. The van der Waals surface area contributed by atoms with E-state index in [4.69, 9.17) is 4.74 Å². The summed E-state index contributed by atoms with van der Waals surface area (Å²) in [7, 11) is 0. The van der Waals surface area contributed by atoms with Crippen molar-refractivity contribution < 1.29 is 9.13 Å². The van der Waals surface area contributed by atoms with Crippen LogP contribution in [-0.4, -0.2) is 18.8 Å². The normalized spacial score (nSPS) is 30.9. The first-order valence-corrected chi connectivity index (χ1v) is 7.64. The largest absolute Gasteiger partial charge is 0.378 e. The van der Waals surface area contributed by atoms with Crippen molar-refractivity contribution in [3.05, 3.63) is 35.6 Å². The smallest absolute Gasteiger partial charge is 0.123 e. The Morgan fingerprint density at radius 3 is 2.55 bits per heavy atom. The van der Waals surface area contributed by atoms with Crippen LogP contribution in [0.2, 0.25) is 0 Å². The summed E-state index contributed by atoms with van der Waals surface area (Å²) >= 11 is 0. The van der Waals surface area contributed by atoms with Crippen molar-refractivity contribution in [2.24, 2.45) is 5.41 Å². The molecule has 3 heteroatoms. The van der Waals surface area contributed by atoms with E-state index in [1.165, 1.54) is 12.1 Å². The molecule has 0 aromatic heterocycles. The minimum absolute atomic E-state index is 0.181. The van der Waals surface area contributed by atoms with Crippen molar-refractivity contribution in [2.45, 2.75) is 58.7 Å². The van der Waals surface area contributed by atoms with Gasteiger partial charge in [0.1, 0.15) is 5.82 Å². The Morgan fingerprint density at radius 1 is 1.35 bits per heavy atom. The SMILES string of the molecule is CCOC1CC(N[C@@H](C)c2ccc(F)cc2)C1(C)CC. The van der Waals surface area contributed by atoms with Crippen LogP contribution in [0.25, 0.3) is 0 Å². The van der Waals surface area contributed by atoms with E-state index in [-0.39, 0.29) is 17.3 Å². The molecule has 4 atom stereocenters. The first-order chi connectivity index (χ1) is 9.51. The summed E-state index contributed by atoms with van der Waals surface area (Å²) in [5, 5.41) is 3.68. The lowest BCUT2D eigenvalue weighted by atomic mass is 9.61. The van der Waals surface area contributed by atoms with E-state index < -0.39 is 0 Å². The predicted molar refractivity (Wildman–Crippen MR) is 80.2 cm³/mol. The van der Waals surface area contributed by atoms with Gasteiger partial charge in [0.2, 0.25) is 0 Å². The van der Waals surface area contributed by atoms with Gasteiger partial charge in [0.15, 0.2) is 0 Å². The zero-order chi connectivity index (χ0) is 14.8. The fourth-order valence-corrected chi connectivity index (χ4v) is 3.16. The number of hydrogen-bond donors (Lipinski definition) is 1. The van der Waals surface area contributed by atoms with Crippen LogP contribution in [-0.2, 0) is 4.74 Å². The quantitative estimate of drug-likeness (QED) is 0.847. The lowest BCUT2D eigenvalue weighted by molar-refractivity contribution is -0.127. The summed E-state index contributed by atoms with van der Waals surface area (Å²) < 4.78 is 18.8. The Labute approximate surface area is 121 Å². The Bertz CT molecular complexity index is 433. The maximum absolute atomic E-state index is 13.0. The van der Waals surface area contributed by atoms with Gasteiger partial charge in [0.25, 0.3) is 0 Å². The Kier molecular flexibility index (Phi) is 4.82. The number of rotatable bonds is 6. The van der Waals surface area contributed by atoms with Crippen LogP contribution in [0.3, 0.4) is 0 Å². The summed E-state index contributed by atoms with van der Waals surface area (Å²) in [6, 6.07) is 7.45. The third-order valence-corrected chi connectivity index (χ3v) is 4.93. The number of halogens is 1. The number of benzene rings is 1. The molecule has 1 fully saturated rings. The van der Waals surface area contributed by atoms with Crippen LogP contribution in [0.5, 0.6) is 0 Å². The standard InChI is InChI=1S/C17H26FNO/c1-5-17(4)15(11-16(17)20-6-2)19-12(3)13-7-9-14(18)10-8-13/h7-10,12,15-16,19H,5-6,11H2,1-4H3/t12-,15?,16?,17?/m0/s1. The zero-order valence-electron chi connectivity index (χ0n) is 12.9. The van der Waals surface area contributed by atoms with Crippen molar-refractivity contribution in [3.8, 4) is 0 Å². The second-order valence-electron chi connectivity index (χ2n) is 6.03. The molecule has 1 N–H and O–H groups in total. The fourth-order valence-electron chi connectivity index (χ4n) is 3.16. The fraction of sp³-hybridized carbons (Fsp3) is 0.647. The Balaban J connectivity index is 1.98. The molecule has 0 heterocycles. The third kappa shape index (κ3) is 2.89. The minimum atomic E-state index is -0.181. The molecular weight excluding hydrogens is 253 g/mol. The van der Waals surface area contributed by atoms with E-state index in [0.29, 0.717) is 12.1 Å². The monoisotopic (exact) mass is 279 g/mol. The molecule has 0 radical (unpaired) electrons. The molecule has 0 amide bonds. The van der Waals surface area contributed by atoms with Gasteiger partial charge in [0, 0.05) is 24.1 Å². The zero-order valence-corrected chi connectivity index (χ0v) is 12.9. The minimum Gasteiger partial charge on any atom is -0.378 e. The molecule has 2 nitrogen and oxygen atoms in total. The maximum atomic E-state index is 13.0. The average Bonchev–Trinajstić information content (AvgIpc) is 2.45. The van der Waals surface area contributed by atoms with E-state index in [1.54, 1.807) is 0 Å². The highest BCUT2D eigenvalue weighted by Crippen LogP contribution is 2.46. The molecule has 0 bridgehead atoms. The summed E-state index contributed by atoms with van der Waals surface area (Å²) in [6.07, 6.45) is 2.52. The highest BCUT2D eigenvalue weighted by atomic mass is 19.1. The van der Waals surface area contributed by atoms with Crippen LogP contribution >= 0.6 is 0 Å². The molecule has 1 aliphatic carbocycles. The van der Waals surface area contributed by atoms with E-state index in [0.717, 1.165) is 25.0 Å². The molecule has 1 aromatic rings. The summed E-state index contributed by atoms with van der Waals surface area (Å²) in [6.45, 7) is 9.49. The predicted octanol–water partition coefficient (Wildman–Crippen LogP) is 4.07. The molecule has 0 spiro atoms. The van der Waals surface area contributed by atoms with Crippen LogP contribution < -0.4 is 5.32 Å².